The summed E-state index contributed by atoms with van der Waals surface area (Å²) in [5.74, 6) is 3.24. The fourth-order valence-corrected chi connectivity index (χ4v) is 3.41. The van der Waals surface area contributed by atoms with Crippen LogP contribution in [-0.2, 0) is 0 Å². The van der Waals surface area contributed by atoms with Crippen molar-refractivity contribution in [2.24, 2.45) is 0 Å². The lowest BCUT2D eigenvalue weighted by atomic mass is 10.3. The summed E-state index contributed by atoms with van der Waals surface area (Å²) in [6, 6.07) is 0.487. The molecule has 2 aliphatic rings. The van der Waals surface area contributed by atoms with Crippen LogP contribution in [0, 0.1) is 13.8 Å². The first-order chi connectivity index (χ1) is 12.7. The van der Waals surface area contributed by atoms with E-state index in [9.17, 15) is 0 Å². The first-order valence-electron chi connectivity index (χ1n) is 9.27. The molecule has 4 heterocycles. The number of anilines is 1. The Balaban J connectivity index is 1.48. The minimum absolute atomic E-state index is 0.487. The average molecular weight is 350 g/mol. The Morgan fingerprint density at radius 3 is 2.58 bits per heavy atom. The number of hydrogen-bond donors (Lipinski definition) is 0. The van der Waals surface area contributed by atoms with Gasteiger partial charge < -0.3 is 4.90 Å². The molecular weight excluding hydrogens is 328 g/mol. The molecule has 2 fully saturated rings. The fourth-order valence-electron chi connectivity index (χ4n) is 3.41. The van der Waals surface area contributed by atoms with Gasteiger partial charge in [0.15, 0.2) is 17.3 Å². The summed E-state index contributed by atoms with van der Waals surface area (Å²) in [4.78, 5) is 16.0. The number of aromatic nitrogens is 7. The third kappa shape index (κ3) is 2.65. The quantitative estimate of drug-likeness (QED) is 0.719. The van der Waals surface area contributed by atoms with Gasteiger partial charge in [-0.3, -0.25) is 0 Å². The molecule has 1 aliphatic heterocycles. The lowest BCUT2D eigenvalue weighted by Crippen LogP contribution is -2.19. The van der Waals surface area contributed by atoms with E-state index in [1.54, 1.807) is 4.52 Å². The van der Waals surface area contributed by atoms with Gasteiger partial charge in [0.2, 0.25) is 5.95 Å². The topological polar surface area (TPSA) is 77.0 Å². The van der Waals surface area contributed by atoms with Gasteiger partial charge in [0, 0.05) is 24.8 Å². The minimum Gasteiger partial charge on any atom is -0.340 e. The first-order valence-corrected chi connectivity index (χ1v) is 9.27. The van der Waals surface area contributed by atoms with Crippen molar-refractivity contribution in [2.75, 3.05) is 18.0 Å². The molecule has 134 valence electrons. The molecule has 0 amide bonds. The molecule has 5 rings (SSSR count). The van der Waals surface area contributed by atoms with Gasteiger partial charge in [0.1, 0.15) is 5.82 Å². The zero-order valence-corrected chi connectivity index (χ0v) is 15.1. The predicted octanol–water partition coefficient (Wildman–Crippen LogP) is 2.44. The van der Waals surface area contributed by atoms with Crippen LogP contribution in [0.5, 0.6) is 0 Å². The highest BCUT2D eigenvalue weighted by molar-refractivity contribution is 5.65. The van der Waals surface area contributed by atoms with Crippen molar-refractivity contribution in [3.8, 4) is 0 Å². The summed E-state index contributed by atoms with van der Waals surface area (Å²) in [6.45, 7) is 6.03. The van der Waals surface area contributed by atoms with Crippen molar-refractivity contribution in [1.82, 2.24) is 34.3 Å². The molecule has 0 atom stereocenters. The molecule has 1 saturated heterocycles. The monoisotopic (exact) mass is 350 g/mol. The molecule has 1 saturated carbocycles. The highest BCUT2D eigenvalue weighted by Crippen LogP contribution is 2.36. The molecule has 1 aliphatic carbocycles. The largest absolute Gasteiger partial charge is 0.340 e. The molecule has 3 aromatic rings. The normalized spacial score (nSPS) is 17.8. The zero-order chi connectivity index (χ0) is 17.7. The van der Waals surface area contributed by atoms with E-state index in [0.29, 0.717) is 11.9 Å². The van der Waals surface area contributed by atoms with E-state index < -0.39 is 0 Å². The summed E-state index contributed by atoms with van der Waals surface area (Å²) >= 11 is 0. The van der Waals surface area contributed by atoms with Crippen molar-refractivity contribution in [1.29, 1.82) is 0 Å². The Hall–Kier alpha value is -2.77. The molecule has 0 N–H and O–H groups in total. The van der Waals surface area contributed by atoms with E-state index in [-0.39, 0.29) is 0 Å². The lowest BCUT2D eigenvalue weighted by Gasteiger charge is -2.10. The maximum Gasteiger partial charge on any atom is 0.245 e. The number of nitrogens with zero attached hydrogens (tertiary/aromatic N) is 8. The van der Waals surface area contributed by atoms with Gasteiger partial charge in [0.05, 0.1) is 6.04 Å². The van der Waals surface area contributed by atoms with E-state index >= 15 is 0 Å². The standard InChI is InChI=1S/C18H22N8/c1-12-11-19-13(2)25-17(12)20-15(22-25)7-8-16-21-18(24-9-3-4-10-24)23-26(16)14-5-6-14/h7-8,11,14H,3-6,9-10H2,1-2H3/b8-7+. The Morgan fingerprint density at radius 2 is 1.85 bits per heavy atom. The van der Waals surface area contributed by atoms with Crippen LogP contribution < -0.4 is 4.90 Å². The van der Waals surface area contributed by atoms with Crippen LogP contribution in [-0.4, -0.2) is 47.4 Å². The first kappa shape index (κ1) is 15.5. The number of rotatable bonds is 4. The average Bonchev–Trinajstić information content (AvgIpc) is 3.07. The summed E-state index contributed by atoms with van der Waals surface area (Å²) in [5, 5.41) is 9.31. The molecule has 0 radical (unpaired) electrons. The summed E-state index contributed by atoms with van der Waals surface area (Å²) in [5.41, 5.74) is 1.86. The third-order valence-corrected chi connectivity index (χ3v) is 5.04. The molecule has 0 unspecified atom stereocenters. The summed E-state index contributed by atoms with van der Waals surface area (Å²) < 4.78 is 3.86. The van der Waals surface area contributed by atoms with Gasteiger partial charge >= 0.3 is 0 Å². The molecule has 3 aromatic heterocycles. The van der Waals surface area contributed by atoms with Gasteiger partial charge in [-0.05, 0) is 51.7 Å². The van der Waals surface area contributed by atoms with Crippen LogP contribution in [0.3, 0.4) is 0 Å². The highest BCUT2D eigenvalue weighted by Gasteiger charge is 2.29. The van der Waals surface area contributed by atoms with Crippen molar-refractivity contribution < 1.29 is 0 Å². The van der Waals surface area contributed by atoms with Crippen LogP contribution in [0.4, 0.5) is 5.95 Å². The van der Waals surface area contributed by atoms with E-state index in [2.05, 4.69) is 24.6 Å². The van der Waals surface area contributed by atoms with E-state index in [1.807, 2.05) is 32.2 Å². The van der Waals surface area contributed by atoms with Crippen molar-refractivity contribution in [3.63, 3.8) is 0 Å². The van der Waals surface area contributed by atoms with Crippen LogP contribution in [0.15, 0.2) is 6.20 Å². The smallest absolute Gasteiger partial charge is 0.245 e. The van der Waals surface area contributed by atoms with Gasteiger partial charge in [-0.25, -0.2) is 14.6 Å². The number of fused-ring (bicyclic) bond motifs is 1. The van der Waals surface area contributed by atoms with Crippen LogP contribution >= 0.6 is 0 Å². The summed E-state index contributed by atoms with van der Waals surface area (Å²) in [6.07, 6.45) is 10.5. The Morgan fingerprint density at radius 1 is 1.04 bits per heavy atom. The van der Waals surface area contributed by atoms with E-state index in [4.69, 9.17) is 10.1 Å². The minimum atomic E-state index is 0.487. The highest BCUT2D eigenvalue weighted by atomic mass is 15.4. The Labute approximate surface area is 151 Å². The second-order valence-corrected chi connectivity index (χ2v) is 7.17. The molecule has 0 aromatic carbocycles. The van der Waals surface area contributed by atoms with Gasteiger partial charge in [-0.1, -0.05) is 0 Å². The number of hydrogen-bond acceptors (Lipinski definition) is 6. The van der Waals surface area contributed by atoms with Crippen LogP contribution in [0.1, 0.15) is 54.8 Å². The SMILES string of the molecule is Cc1cnc(C)n2nc(/C=C/c3nc(N4CCCC4)nn3C3CC3)nc12. The lowest BCUT2D eigenvalue weighted by molar-refractivity contribution is 0.631. The molecule has 0 spiro atoms. The predicted molar refractivity (Wildman–Crippen MR) is 98.9 cm³/mol. The fraction of sp³-hybridized carbons (Fsp3) is 0.500. The Kier molecular flexibility index (Phi) is 3.51. The maximum atomic E-state index is 4.77. The van der Waals surface area contributed by atoms with E-state index in [0.717, 1.165) is 41.9 Å². The van der Waals surface area contributed by atoms with E-state index in [1.165, 1.54) is 25.7 Å². The molecule has 8 heteroatoms. The van der Waals surface area contributed by atoms with Gasteiger partial charge in [0.25, 0.3) is 0 Å². The maximum absolute atomic E-state index is 4.77. The molecule has 8 nitrogen and oxygen atoms in total. The third-order valence-electron chi connectivity index (χ3n) is 5.04. The van der Waals surface area contributed by atoms with Crippen molar-refractivity contribution in [3.05, 3.63) is 29.2 Å². The van der Waals surface area contributed by atoms with Crippen LogP contribution in [0.25, 0.3) is 17.8 Å². The summed E-state index contributed by atoms with van der Waals surface area (Å²) in [7, 11) is 0. The molecular formula is C18H22N8. The second kappa shape index (κ2) is 5.89. The molecule has 0 bridgehead atoms. The Bertz CT molecular complexity index is 949. The van der Waals surface area contributed by atoms with Gasteiger partial charge in [-0.2, -0.15) is 9.50 Å². The van der Waals surface area contributed by atoms with Crippen molar-refractivity contribution >= 4 is 23.7 Å². The van der Waals surface area contributed by atoms with Crippen molar-refractivity contribution in [2.45, 2.75) is 45.6 Å². The van der Waals surface area contributed by atoms with Crippen LogP contribution in [0.2, 0.25) is 0 Å². The zero-order valence-electron chi connectivity index (χ0n) is 15.1. The molecule has 26 heavy (non-hydrogen) atoms. The van der Waals surface area contributed by atoms with Gasteiger partial charge in [-0.15, -0.1) is 10.2 Å². The second-order valence-electron chi connectivity index (χ2n) is 7.17. The number of aryl methyl sites for hydroxylation is 2.